The molecule has 0 saturated heterocycles. The van der Waals surface area contributed by atoms with Gasteiger partial charge in [-0.1, -0.05) is 35.4 Å². The van der Waals surface area contributed by atoms with Gasteiger partial charge in [-0.2, -0.15) is 0 Å². The second kappa shape index (κ2) is 6.78. The van der Waals surface area contributed by atoms with E-state index < -0.39 is 0 Å². The van der Waals surface area contributed by atoms with Crippen LogP contribution >= 0.6 is 11.3 Å². The van der Waals surface area contributed by atoms with E-state index in [-0.39, 0.29) is 0 Å². The fourth-order valence-corrected chi connectivity index (χ4v) is 2.77. The van der Waals surface area contributed by atoms with Crippen LogP contribution in [0.4, 0.5) is 0 Å². The molecule has 96 valence electrons. The molecule has 19 heavy (non-hydrogen) atoms. The van der Waals surface area contributed by atoms with Crippen LogP contribution in [0.5, 0.6) is 0 Å². The summed E-state index contributed by atoms with van der Waals surface area (Å²) in [6.07, 6.45) is 4.00. The van der Waals surface area contributed by atoms with Gasteiger partial charge in [0.05, 0.1) is 0 Å². The summed E-state index contributed by atoms with van der Waals surface area (Å²) >= 11 is 1.68. The zero-order valence-electron chi connectivity index (χ0n) is 10.8. The Balaban J connectivity index is 1.98. The number of azide groups is 1. The van der Waals surface area contributed by atoms with Crippen LogP contribution in [0.2, 0.25) is 0 Å². The molecule has 0 N–H and O–H groups in total. The van der Waals surface area contributed by atoms with Gasteiger partial charge in [0.25, 0.3) is 0 Å². The number of allylic oxidation sites excluding steroid dienone is 1. The highest BCUT2D eigenvalue weighted by Crippen LogP contribution is 2.19. The molecule has 1 aromatic heterocycles. The van der Waals surface area contributed by atoms with Gasteiger partial charge in [0, 0.05) is 15.5 Å². The molecule has 2 aromatic rings. The number of hydrogen-bond donors (Lipinski definition) is 0. The predicted octanol–water partition coefficient (Wildman–Crippen LogP) is 5.20. The van der Waals surface area contributed by atoms with E-state index in [1.165, 1.54) is 11.1 Å². The van der Waals surface area contributed by atoms with Gasteiger partial charge >= 0.3 is 0 Å². The van der Waals surface area contributed by atoms with Crippen molar-refractivity contribution in [3.05, 3.63) is 73.9 Å². The second-order valence-electron chi connectivity index (χ2n) is 4.32. The smallest absolute Gasteiger partial charge is 0.0274 e. The third kappa shape index (κ3) is 4.28. The molecule has 0 bridgehead atoms. The lowest BCUT2D eigenvalue weighted by molar-refractivity contribution is 0.966. The van der Waals surface area contributed by atoms with Crippen LogP contribution in [0, 0.1) is 0 Å². The van der Waals surface area contributed by atoms with Crippen molar-refractivity contribution in [3.63, 3.8) is 0 Å². The Morgan fingerprint density at radius 2 is 2.00 bits per heavy atom. The largest absolute Gasteiger partial charge is 0.144 e. The number of hydrogen-bond acceptors (Lipinski definition) is 2. The van der Waals surface area contributed by atoms with Crippen molar-refractivity contribution in [2.45, 2.75) is 19.8 Å². The summed E-state index contributed by atoms with van der Waals surface area (Å²) in [4.78, 5) is 3.91. The first kappa shape index (κ1) is 13.4. The van der Waals surface area contributed by atoms with Crippen molar-refractivity contribution in [2.75, 3.05) is 0 Å². The average Bonchev–Trinajstić information content (AvgIpc) is 2.85. The zero-order valence-corrected chi connectivity index (χ0v) is 11.6. The van der Waals surface area contributed by atoms with E-state index in [4.69, 9.17) is 5.53 Å². The van der Waals surface area contributed by atoms with Gasteiger partial charge in [0.2, 0.25) is 0 Å². The van der Waals surface area contributed by atoms with Gasteiger partial charge in [0.15, 0.2) is 0 Å². The summed E-state index contributed by atoms with van der Waals surface area (Å²) in [5.41, 5.74) is 11.7. The fraction of sp³-hybridized carbons (Fsp3) is 0.200. The molecule has 2 rings (SSSR count). The summed E-state index contributed by atoms with van der Waals surface area (Å²) in [6, 6.07) is 12.6. The highest BCUT2D eigenvalue weighted by atomic mass is 32.1. The number of thiophene rings is 1. The SMILES string of the molecule is C/C(=C/c1cc(CCc2ccccc2)cs1)N=[N+]=[N-]. The average molecular weight is 269 g/mol. The maximum absolute atomic E-state index is 8.35. The number of rotatable bonds is 5. The molecule has 0 aliphatic heterocycles. The lowest BCUT2D eigenvalue weighted by atomic mass is 10.1. The number of nitrogens with zero attached hydrogens (tertiary/aromatic N) is 3. The summed E-state index contributed by atoms with van der Waals surface area (Å²) in [6.45, 7) is 1.81. The molecule has 0 radical (unpaired) electrons. The van der Waals surface area contributed by atoms with Crippen molar-refractivity contribution < 1.29 is 0 Å². The fourth-order valence-electron chi connectivity index (χ4n) is 1.84. The molecule has 0 spiro atoms. The van der Waals surface area contributed by atoms with E-state index in [1.807, 2.05) is 19.1 Å². The van der Waals surface area contributed by atoms with Crippen LogP contribution in [0.25, 0.3) is 16.5 Å². The van der Waals surface area contributed by atoms with Crippen LogP contribution in [-0.2, 0) is 12.8 Å². The van der Waals surface area contributed by atoms with Crippen LogP contribution in [0.3, 0.4) is 0 Å². The Morgan fingerprint density at radius 1 is 1.26 bits per heavy atom. The van der Waals surface area contributed by atoms with Crippen LogP contribution in [0.1, 0.15) is 22.9 Å². The molecule has 3 nitrogen and oxygen atoms in total. The molecule has 1 aromatic carbocycles. The van der Waals surface area contributed by atoms with E-state index in [1.54, 1.807) is 11.3 Å². The molecule has 0 saturated carbocycles. The minimum atomic E-state index is 0.693. The molecular weight excluding hydrogens is 254 g/mol. The zero-order chi connectivity index (χ0) is 13.5. The first-order valence-corrected chi connectivity index (χ1v) is 7.00. The first-order valence-electron chi connectivity index (χ1n) is 6.12. The van der Waals surface area contributed by atoms with Crippen molar-refractivity contribution >= 4 is 17.4 Å². The van der Waals surface area contributed by atoms with E-state index in [9.17, 15) is 0 Å². The van der Waals surface area contributed by atoms with Gasteiger partial charge in [-0.15, -0.1) is 11.3 Å². The number of benzene rings is 1. The van der Waals surface area contributed by atoms with Gasteiger partial charge in [0.1, 0.15) is 0 Å². The van der Waals surface area contributed by atoms with E-state index in [0.29, 0.717) is 5.70 Å². The maximum Gasteiger partial charge on any atom is 0.0274 e. The van der Waals surface area contributed by atoms with Crippen molar-refractivity contribution in [1.82, 2.24) is 0 Å². The Morgan fingerprint density at radius 3 is 2.74 bits per heavy atom. The number of aryl methyl sites for hydroxylation is 2. The molecule has 0 aliphatic carbocycles. The van der Waals surface area contributed by atoms with Gasteiger partial charge in [-0.3, -0.25) is 0 Å². The minimum Gasteiger partial charge on any atom is -0.144 e. The lowest BCUT2D eigenvalue weighted by Crippen LogP contribution is -1.88. The van der Waals surface area contributed by atoms with E-state index in [2.05, 4.69) is 45.7 Å². The normalized spacial score (nSPS) is 11.1. The third-order valence-corrected chi connectivity index (χ3v) is 3.70. The highest BCUT2D eigenvalue weighted by Gasteiger charge is 1.99. The maximum atomic E-state index is 8.35. The molecule has 0 unspecified atom stereocenters. The lowest BCUT2D eigenvalue weighted by Gasteiger charge is -1.98. The van der Waals surface area contributed by atoms with Crippen molar-refractivity contribution in [3.8, 4) is 0 Å². The minimum absolute atomic E-state index is 0.693. The Bertz CT molecular complexity index is 607. The summed E-state index contributed by atoms with van der Waals surface area (Å²) in [7, 11) is 0. The van der Waals surface area contributed by atoms with E-state index >= 15 is 0 Å². The highest BCUT2D eigenvalue weighted by molar-refractivity contribution is 7.11. The molecule has 0 atom stereocenters. The molecule has 1 heterocycles. The molecular formula is C15H15N3S. The van der Waals surface area contributed by atoms with Crippen LogP contribution < -0.4 is 0 Å². The molecule has 0 fully saturated rings. The Kier molecular flexibility index (Phi) is 4.78. The monoisotopic (exact) mass is 269 g/mol. The predicted molar refractivity (Wildman–Crippen MR) is 81.0 cm³/mol. The van der Waals surface area contributed by atoms with Crippen molar-refractivity contribution in [1.29, 1.82) is 0 Å². The summed E-state index contributed by atoms with van der Waals surface area (Å²) in [5.74, 6) is 0. The van der Waals surface area contributed by atoms with Crippen molar-refractivity contribution in [2.24, 2.45) is 5.11 Å². The Hall–Kier alpha value is -2.03. The molecule has 4 heteroatoms. The summed E-state index contributed by atoms with van der Waals surface area (Å²) < 4.78 is 0. The first-order chi connectivity index (χ1) is 9.28. The quantitative estimate of drug-likeness (QED) is 0.407. The molecule has 0 aliphatic rings. The van der Waals surface area contributed by atoms with Gasteiger partial charge in [-0.05, 0) is 53.9 Å². The van der Waals surface area contributed by atoms with Gasteiger partial charge in [-0.25, -0.2) is 0 Å². The van der Waals surface area contributed by atoms with E-state index in [0.717, 1.165) is 17.7 Å². The second-order valence-corrected chi connectivity index (χ2v) is 5.26. The van der Waals surface area contributed by atoms with Gasteiger partial charge < -0.3 is 0 Å². The standard InChI is InChI=1S/C15H15N3S/c1-12(17-18-16)9-15-10-14(11-19-15)8-7-13-5-3-2-4-6-13/h2-6,9-11H,7-8H2,1H3/b12-9-. The Labute approximate surface area is 116 Å². The molecule has 0 amide bonds. The third-order valence-electron chi connectivity index (χ3n) is 2.77. The topological polar surface area (TPSA) is 48.8 Å². The van der Waals surface area contributed by atoms with Crippen LogP contribution in [0.15, 0.2) is 52.6 Å². The van der Waals surface area contributed by atoms with Crippen LogP contribution in [-0.4, -0.2) is 0 Å². The summed E-state index contributed by atoms with van der Waals surface area (Å²) in [5, 5.41) is 5.74.